The van der Waals surface area contributed by atoms with Gasteiger partial charge in [-0.05, 0) is 31.5 Å². The average molecular weight is 324 g/mol. The molecule has 19 heavy (non-hydrogen) atoms. The SMILES string of the molecule is COc1cc(Br)cc(C)c1NC(C)c1nccn1C. The van der Waals surface area contributed by atoms with E-state index in [1.165, 1.54) is 0 Å². The maximum absolute atomic E-state index is 5.44. The van der Waals surface area contributed by atoms with Crippen molar-refractivity contribution in [3.8, 4) is 5.75 Å². The maximum Gasteiger partial charge on any atom is 0.143 e. The number of benzene rings is 1. The van der Waals surface area contributed by atoms with Crippen LogP contribution in [0.1, 0.15) is 24.4 Å². The van der Waals surface area contributed by atoms with Crippen LogP contribution in [0.25, 0.3) is 0 Å². The van der Waals surface area contributed by atoms with Crippen molar-refractivity contribution in [3.63, 3.8) is 0 Å². The summed E-state index contributed by atoms with van der Waals surface area (Å²) in [6.07, 6.45) is 3.75. The number of halogens is 1. The Morgan fingerprint density at radius 3 is 2.74 bits per heavy atom. The molecule has 0 spiro atoms. The average Bonchev–Trinajstić information content (AvgIpc) is 2.78. The Balaban J connectivity index is 2.31. The quantitative estimate of drug-likeness (QED) is 0.933. The van der Waals surface area contributed by atoms with E-state index in [4.69, 9.17) is 4.74 Å². The van der Waals surface area contributed by atoms with E-state index in [9.17, 15) is 0 Å². The minimum Gasteiger partial charge on any atom is -0.495 e. The Hall–Kier alpha value is -1.49. The summed E-state index contributed by atoms with van der Waals surface area (Å²) in [6, 6.07) is 4.13. The van der Waals surface area contributed by atoms with E-state index in [2.05, 4.69) is 46.1 Å². The molecule has 1 N–H and O–H groups in total. The van der Waals surface area contributed by atoms with Crippen molar-refractivity contribution < 1.29 is 4.74 Å². The van der Waals surface area contributed by atoms with Crippen LogP contribution >= 0.6 is 15.9 Å². The zero-order valence-electron chi connectivity index (χ0n) is 11.6. The molecule has 0 aliphatic rings. The third-order valence-corrected chi connectivity index (χ3v) is 3.55. The van der Waals surface area contributed by atoms with Gasteiger partial charge in [0.05, 0.1) is 18.8 Å². The number of nitrogens with zero attached hydrogens (tertiary/aromatic N) is 2. The normalized spacial score (nSPS) is 12.3. The summed E-state index contributed by atoms with van der Waals surface area (Å²) in [5.74, 6) is 1.82. The zero-order valence-corrected chi connectivity index (χ0v) is 13.2. The third-order valence-electron chi connectivity index (χ3n) is 3.09. The smallest absolute Gasteiger partial charge is 0.143 e. The molecule has 1 aromatic carbocycles. The van der Waals surface area contributed by atoms with Crippen LogP contribution in [0.3, 0.4) is 0 Å². The number of hydrogen-bond donors (Lipinski definition) is 1. The highest BCUT2D eigenvalue weighted by Crippen LogP contribution is 2.34. The maximum atomic E-state index is 5.44. The van der Waals surface area contributed by atoms with Crippen LogP contribution in [-0.4, -0.2) is 16.7 Å². The Bertz CT molecular complexity index is 580. The molecule has 0 saturated heterocycles. The van der Waals surface area contributed by atoms with Gasteiger partial charge in [0.2, 0.25) is 0 Å². The lowest BCUT2D eigenvalue weighted by Gasteiger charge is -2.19. The Morgan fingerprint density at radius 1 is 1.42 bits per heavy atom. The molecule has 1 aromatic heterocycles. The van der Waals surface area contributed by atoms with Crippen molar-refractivity contribution in [1.29, 1.82) is 0 Å². The first-order valence-corrected chi connectivity index (χ1v) is 6.90. The molecule has 0 saturated carbocycles. The van der Waals surface area contributed by atoms with E-state index in [0.717, 1.165) is 27.3 Å². The number of hydrogen-bond acceptors (Lipinski definition) is 3. The summed E-state index contributed by atoms with van der Waals surface area (Å²) in [4.78, 5) is 4.36. The van der Waals surface area contributed by atoms with E-state index >= 15 is 0 Å². The number of methoxy groups -OCH3 is 1. The number of nitrogens with one attached hydrogen (secondary N) is 1. The van der Waals surface area contributed by atoms with E-state index in [-0.39, 0.29) is 6.04 Å². The van der Waals surface area contributed by atoms with E-state index < -0.39 is 0 Å². The van der Waals surface area contributed by atoms with Crippen molar-refractivity contribution in [2.45, 2.75) is 19.9 Å². The lowest BCUT2D eigenvalue weighted by molar-refractivity contribution is 0.415. The molecule has 5 heteroatoms. The number of aromatic nitrogens is 2. The first-order valence-electron chi connectivity index (χ1n) is 6.10. The van der Waals surface area contributed by atoms with Crippen LogP contribution < -0.4 is 10.1 Å². The van der Waals surface area contributed by atoms with Gasteiger partial charge in [0.1, 0.15) is 11.6 Å². The predicted molar refractivity (Wildman–Crippen MR) is 80.7 cm³/mol. The van der Waals surface area contributed by atoms with Crippen LogP contribution in [0.2, 0.25) is 0 Å². The summed E-state index contributed by atoms with van der Waals surface area (Å²) >= 11 is 3.48. The molecule has 1 atom stereocenters. The molecule has 0 bridgehead atoms. The van der Waals surface area contributed by atoms with Crippen molar-refractivity contribution in [2.75, 3.05) is 12.4 Å². The number of rotatable bonds is 4. The molecule has 2 aromatic rings. The third kappa shape index (κ3) is 2.92. The molecule has 4 nitrogen and oxygen atoms in total. The second-order valence-electron chi connectivity index (χ2n) is 4.56. The van der Waals surface area contributed by atoms with Crippen molar-refractivity contribution >= 4 is 21.6 Å². The molecular weight excluding hydrogens is 306 g/mol. The molecule has 0 aliphatic heterocycles. The molecule has 2 rings (SSSR count). The molecule has 0 aliphatic carbocycles. The summed E-state index contributed by atoms with van der Waals surface area (Å²) in [6.45, 7) is 4.14. The Kier molecular flexibility index (Phi) is 4.14. The first-order chi connectivity index (χ1) is 9.02. The fraction of sp³-hybridized carbons (Fsp3) is 0.357. The van der Waals surface area contributed by atoms with Gasteiger partial charge in [-0.25, -0.2) is 4.98 Å². The topological polar surface area (TPSA) is 39.1 Å². The van der Waals surface area contributed by atoms with Gasteiger partial charge in [0, 0.05) is 23.9 Å². The van der Waals surface area contributed by atoms with E-state index in [1.807, 2.05) is 23.9 Å². The van der Waals surface area contributed by atoms with E-state index in [1.54, 1.807) is 13.3 Å². The molecular formula is C14H18BrN3O. The van der Waals surface area contributed by atoms with Crippen LogP contribution in [0.15, 0.2) is 29.0 Å². The Morgan fingerprint density at radius 2 is 2.16 bits per heavy atom. The van der Waals surface area contributed by atoms with Gasteiger partial charge in [-0.3, -0.25) is 0 Å². The van der Waals surface area contributed by atoms with Gasteiger partial charge in [-0.1, -0.05) is 15.9 Å². The molecule has 1 heterocycles. The standard InChI is InChI=1S/C14H18BrN3O/c1-9-7-11(15)8-12(19-4)13(9)17-10(2)14-16-5-6-18(14)3/h5-8,10,17H,1-4H3. The summed E-state index contributed by atoms with van der Waals surface area (Å²) in [7, 11) is 3.67. The number of aryl methyl sites for hydroxylation is 2. The van der Waals surface area contributed by atoms with Crippen LogP contribution in [0.5, 0.6) is 5.75 Å². The predicted octanol–water partition coefficient (Wildman–Crippen LogP) is 3.67. The van der Waals surface area contributed by atoms with Crippen LogP contribution in [0, 0.1) is 6.92 Å². The molecule has 0 fully saturated rings. The summed E-state index contributed by atoms with van der Waals surface area (Å²) in [5, 5.41) is 3.47. The highest BCUT2D eigenvalue weighted by Gasteiger charge is 2.14. The number of anilines is 1. The van der Waals surface area contributed by atoms with Gasteiger partial charge < -0.3 is 14.6 Å². The molecule has 0 amide bonds. The van der Waals surface area contributed by atoms with Crippen LogP contribution in [0.4, 0.5) is 5.69 Å². The highest BCUT2D eigenvalue weighted by atomic mass is 79.9. The molecule has 1 unspecified atom stereocenters. The van der Waals surface area contributed by atoms with Crippen molar-refractivity contribution in [1.82, 2.24) is 9.55 Å². The van der Waals surface area contributed by atoms with Gasteiger partial charge in [-0.2, -0.15) is 0 Å². The summed E-state index contributed by atoms with van der Waals surface area (Å²) < 4.78 is 8.46. The fourth-order valence-electron chi connectivity index (χ4n) is 2.13. The lowest BCUT2D eigenvalue weighted by atomic mass is 10.1. The van der Waals surface area contributed by atoms with Gasteiger partial charge in [0.15, 0.2) is 0 Å². The van der Waals surface area contributed by atoms with Crippen molar-refractivity contribution in [3.05, 3.63) is 40.4 Å². The highest BCUT2D eigenvalue weighted by molar-refractivity contribution is 9.10. The van der Waals surface area contributed by atoms with Gasteiger partial charge >= 0.3 is 0 Å². The molecule has 102 valence electrons. The largest absolute Gasteiger partial charge is 0.495 e. The monoisotopic (exact) mass is 323 g/mol. The second kappa shape index (κ2) is 5.65. The summed E-state index contributed by atoms with van der Waals surface area (Å²) in [5.41, 5.74) is 2.13. The number of imidazole rings is 1. The second-order valence-corrected chi connectivity index (χ2v) is 5.48. The minimum absolute atomic E-state index is 0.105. The zero-order chi connectivity index (χ0) is 14.0. The first kappa shape index (κ1) is 13.9. The Labute approximate surface area is 121 Å². The van der Waals surface area contributed by atoms with Crippen LogP contribution in [-0.2, 0) is 7.05 Å². The number of ether oxygens (including phenoxy) is 1. The van der Waals surface area contributed by atoms with E-state index in [0.29, 0.717) is 0 Å². The minimum atomic E-state index is 0.105. The van der Waals surface area contributed by atoms with Crippen molar-refractivity contribution in [2.24, 2.45) is 7.05 Å². The lowest BCUT2D eigenvalue weighted by Crippen LogP contribution is -2.13. The van der Waals surface area contributed by atoms with Gasteiger partial charge in [0.25, 0.3) is 0 Å². The fourth-order valence-corrected chi connectivity index (χ4v) is 2.69. The molecule has 0 radical (unpaired) electrons. The van der Waals surface area contributed by atoms with Gasteiger partial charge in [-0.15, -0.1) is 0 Å².